The number of hydrogen-bond donors (Lipinski definition) is 1. The SMILES string of the molecule is CC(Nc1ccc(Cl)cc1Cl)C1(C)CC1. The zero-order valence-corrected chi connectivity index (χ0v) is 10.5. The fraction of sp³-hybridized carbons (Fsp3) is 0.500. The van der Waals surface area contributed by atoms with Gasteiger partial charge in [0.2, 0.25) is 0 Å². The van der Waals surface area contributed by atoms with Crippen LogP contribution in [-0.2, 0) is 0 Å². The minimum atomic E-state index is 0.447. The first kappa shape index (κ1) is 11.1. The summed E-state index contributed by atoms with van der Waals surface area (Å²) >= 11 is 11.9. The van der Waals surface area contributed by atoms with Crippen LogP contribution in [0.3, 0.4) is 0 Å². The van der Waals surface area contributed by atoms with Gasteiger partial charge in [0.15, 0.2) is 0 Å². The summed E-state index contributed by atoms with van der Waals surface area (Å²) in [6.07, 6.45) is 2.60. The van der Waals surface area contributed by atoms with Gasteiger partial charge in [-0.05, 0) is 43.4 Å². The molecule has 2 rings (SSSR count). The molecule has 1 fully saturated rings. The van der Waals surface area contributed by atoms with Crippen LogP contribution < -0.4 is 5.32 Å². The minimum absolute atomic E-state index is 0.447. The first-order chi connectivity index (χ1) is 7.01. The second-order valence-corrected chi connectivity index (χ2v) is 5.49. The molecule has 0 aromatic heterocycles. The maximum Gasteiger partial charge on any atom is 0.0652 e. The summed E-state index contributed by atoms with van der Waals surface area (Å²) in [6.45, 7) is 4.51. The Balaban J connectivity index is 2.10. The Labute approximate surface area is 101 Å². The molecule has 1 aliphatic carbocycles. The van der Waals surface area contributed by atoms with E-state index in [0.29, 0.717) is 21.5 Å². The van der Waals surface area contributed by atoms with Crippen molar-refractivity contribution in [1.29, 1.82) is 0 Å². The first-order valence-corrected chi connectivity index (χ1v) is 5.98. The third-order valence-electron chi connectivity index (χ3n) is 3.39. The van der Waals surface area contributed by atoms with Crippen molar-refractivity contribution in [2.75, 3.05) is 5.32 Å². The normalized spacial score (nSPS) is 19.7. The Morgan fingerprint density at radius 3 is 2.53 bits per heavy atom. The van der Waals surface area contributed by atoms with Crippen molar-refractivity contribution >= 4 is 28.9 Å². The molecule has 0 bridgehead atoms. The van der Waals surface area contributed by atoms with Crippen LogP contribution in [0.4, 0.5) is 5.69 Å². The highest BCUT2D eigenvalue weighted by Gasteiger charge is 2.42. The van der Waals surface area contributed by atoms with Crippen LogP contribution >= 0.6 is 23.2 Å². The van der Waals surface area contributed by atoms with Crippen LogP contribution in [0.15, 0.2) is 18.2 Å². The Kier molecular flexibility index (Phi) is 2.87. The Bertz CT molecular complexity index is 372. The zero-order valence-electron chi connectivity index (χ0n) is 8.98. The maximum absolute atomic E-state index is 6.10. The molecule has 1 saturated carbocycles. The van der Waals surface area contributed by atoms with E-state index in [0.717, 1.165) is 5.69 Å². The number of hydrogen-bond acceptors (Lipinski definition) is 1. The monoisotopic (exact) mass is 243 g/mol. The van der Waals surface area contributed by atoms with Gasteiger partial charge in [0, 0.05) is 11.1 Å². The van der Waals surface area contributed by atoms with Gasteiger partial charge < -0.3 is 5.32 Å². The largest absolute Gasteiger partial charge is 0.381 e. The fourth-order valence-corrected chi connectivity index (χ4v) is 2.11. The summed E-state index contributed by atoms with van der Waals surface area (Å²) in [6, 6.07) is 6.02. The second-order valence-electron chi connectivity index (χ2n) is 4.64. The predicted molar refractivity (Wildman–Crippen MR) is 66.9 cm³/mol. The molecule has 0 radical (unpaired) electrons. The van der Waals surface area contributed by atoms with Crippen molar-refractivity contribution in [2.45, 2.75) is 32.7 Å². The zero-order chi connectivity index (χ0) is 11.1. The highest BCUT2D eigenvalue weighted by atomic mass is 35.5. The van der Waals surface area contributed by atoms with Gasteiger partial charge in [0.25, 0.3) is 0 Å². The number of rotatable bonds is 3. The highest BCUT2D eigenvalue weighted by Crippen LogP contribution is 2.49. The highest BCUT2D eigenvalue weighted by molar-refractivity contribution is 6.36. The van der Waals surface area contributed by atoms with Gasteiger partial charge in [-0.1, -0.05) is 30.1 Å². The van der Waals surface area contributed by atoms with E-state index in [1.807, 2.05) is 12.1 Å². The minimum Gasteiger partial charge on any atom is -0.381 e. The summed E-state index contributed by atoms with van der Waals surface area (Å²) in [5, 5.41) is 4.82. The first-order valence-electron chi connectivity index (χ1n) is 5.23. The van der Waals surface area contributed by atoms with E-state index >= 15 is 0 Å². The van der Waals surface area contributed by atoms with Gasteiger partial charge in [-0.2, -0.15) is 0 Å². The second kappa shape index (κ2) is 3.88. The lowest BCUT2D eigenvalue weighted by atomic mass is 10.0. The van der Waals surface area contributed by atoms with Crippen molar-refractivity contribution in [3.63, 3.8) is 0 Å². The molecule has 82 valence electrons. The van der Waals surface area contributed by atoms with Crippen molar-refractivity contribution in [3.05, 3.63) is 28.2 Å². The van der Waals surface area contributed by atoms with Crippen LogP contribution in [0.1, 0.15) is 26.7 Å². The van der Waals surface area contributed by atoms with Gasteiger partial charge in [-0.25, -0.2) is 0 Å². The van der Waals surface area contributed by atoms with Crippen LogP contribution in [0.2, 0.25) is 10.0 Å². The standard InChI is InChI=1S/C12H15Cl2N/c1-8(12(2)5-6-12)15-11-4-3-9(13)7-10(11)14/h3-4,7-8,15H,5-6H2,1-2H3. The molecule has 1 unspecified atom stereocenters. The van der Waals surface area contributed by atoms with E-state index in [4.69, 9.17) is 23.2 Å². The molecule has 1 aliphatic rings. The summed E-state index contributed by atoms with van der Waals surface area (Å²) in [5.74, 6) is 0. The summed E-state index contributed by atoms with van der Waals surface area (Å²) < 4.78 is 0. The van der Waals surface area contributed by atoms with Crippen LogP contribution in [0.5, 0.6) is 0 Å². The molecule has 1 nitrogen and oxygen atoms in total. The lowest BCUT2D eigenvalue weighted by Crippen LogP contribution is -2.24. The molecule has 1 aromatic rings. The molecule has 0 aliphatic heterocycles. The van der Waals surface area contributed by atoms with E-state index in [9.17, 15) is 0 Å². The number of anilines is 1. The lowest BCUT2D eigenvalue weighted by Gasteiger charge is -2.22. The molecule has 1 aromatic carbocycles. The summed E-state index contributed by atoms with van der Waals surface area (Å²) in [7, 11) is 0. The van der Waals surface area contributed by atoms with E-state index < -0.39 is 0 Å². The Morgan fingerprint density at radius 1 is 1.33 bits per heavy atom. The third-order valence-corrected chi connectivity index (χ3v) is 3.94. The van der Waals surface area contributed by atoms with Crippen LogP contribution in [-0.4, -0.2) is 6.04 Å². The Morgan fingerprint density at radius 2 is 2.00 bits per heavy atom. The molecule has 0 saturated heterocycles. The molecule has 0 spiro atoms. The van der Waals surface area contributed by atoms with Crippen molar-refractivity contribution in [1.82, 2.24) is 0 Å². The topological polar surface area (TPSA) is 12.0 Å². The lowest BCUT2D eigenvalue weighted by molar-refractivity contribution is 0.493. The predicted octanol–water partition coefficient (Wildman–Crippen LogP) is 4.59. The average Bonchev–Trinajstić information content (AvgIpc) is 2.90. The van der Waals surface area contributed by atoms with Gasteiger partial charge in [-0.3, -0.25) is 0 Å². The van der Waals surface area contributed by atoms with Gasteiger partial charge >= 0.3 is 0 Å². The van der Waals surface area contributed by atoms with E-state index in [1.54, 1.807) is 6.07 Å². The van der Waals surface area contributed by atoms with Gasteiger partial charge in [-0.15, -0.1) is 0 Å². The van der Waals surface area contributed by atoms with Crippen molar-refractivity contribution < 1.29 is 0 Å². The molecule has 1 atom stereocenters. The maximum atomic E-state index is 6.10. The third kappa shape index (κ3) is 2.40. The average molecular weight is 244 g/mol. The number of nitrogens with one attached hydrogen (secondary N) is 1. The van der Waals surface area contributed by atoms with Crippen molar-refractivity contribution in [3.8, 4) is 0 Å². The van der Waals surface area contributed by atoms with Gasteiger partial charge in [0.05, 0.1) is 10.7 Å². The van der Waals surface area contributed by atoms with Crippen LogP contribution in [0.25, 0.3) is 0 Å². The van der Waals surface area contributed by atoms with Gasteiger partial charge in [0.1, 0.15) is 0 Å². The molecule has 0 amide bonds. The molecular formula is C12H15Cl2N. The van der Waals surface area contributed by atoms with E-state index in [-0.39, 0.29) is 0 Å². The summed E-state index contributed by atoms with van der Waals surface area (Å²) in [5.41, 5.74) is 1.42. The molecule has 15 heavy (non-hydrogen) atoms. The van der Waals surface area contributed by atoms with E-state index in [2.05, 4.69) is 19.2 Å². The molecule has 1 N–H and O–H groups in total. The quantitative estimate of drug-likeness (QED) is 0.819. The Hall–Kier alpha value is -0.400. The molecule has 3 heteroatoms. The van der Waals surface area contributed by atoms with E-state index in [1.165, 1.54) is 12.8 Å². The molecular weight excluding hydrogens is 229 g/mol. The number of benzene rings is 1. The van der Waals surface area contributed by atoms with Crippen LogP contribution in [0, 0.1) is 5.41 Å². The number of halogens is 2. The molecule has 0 heterocycles. The smallest absolute Gasteiger partial charge is 0.0652 e. The summed E-state index contributed by atoms with van der Waals surface area (Å²) in [4.78, 5) is 0. The van der Waals surface area contributed by atoms with Crippen molar-refractivity contribution in [2.24, 2.45) is 5.41 Å². The fourth-order valence-electron chi connectivity index (χ4n) is 1.64.